The zero-order chi connectivity index (χ0) is 19.2. The summed E-state index contributed by atoms with van der Waals surface area (Å²) in [4.78, 5) is 21.1. The average Bonchev–Trinajstić information content (AvgIpc) is 3.18. The number of amides is 1. The fourth-order valence-electron chi connectivity index (χ4n) is 3.61. The lowest BCUT2D eigenvalue weighted by Crippen LogP contribution is -2.45. The van der Waals surface area contributed by atoms with E-state index in [4.69, 9.17) is 4.74 Å². The number of halogens is 1. The van der Waals surface area contributed by atoms with Crippen molar-refractivity contribution in [2.45, 2.75) is 58.6 Å². The van der Waals surface area contributed by atoms with Gasteiger partial charge in [0.25, 0.3) is 0 Å². The second kappa shape index (κ2) is 11.3. The Morgan fingerprint density at radius 2 is 1.93 bits per heavy atom. The number of ether oxygens (including phenoxy) is 1. The first-order valence-electron chi connectivity index (χ1n) is 9.94. The molecule has 0 aliphatic carbocycles. The number of carbonyl (C=O) groups is 1. The zero-order valence-corrected chi connectivity index (χ0v) is 19.9. The lowest BCUT2D eigenvalue weighted by atomic mass is 10.1. The molecule has 2 heterocycles. The molecule has 2 fully saturated rings. The van der Waals surface area contributed by atoms with Gasteiger partial charge in [-0.1, -0.05) is 6.92 Å². The minimum Gasteiger partial charge on any atom is -0.444 e. The number of aliphatic imine (C=N–C) groups is 1. The highest BCUT2D eigenvalue weighted by atomic mass is 127. The topological polar surface area (TPSA) is 69.2 Å². The standard InChI is InChI=1S/C19H37N5O2.HI/c1-15(13-23-9-6-7-10-23)12-21-17(20-5)24-11-8-16(14-24)22-18(25)26-19(2,3)4;/h15-16H,6-14H2,1-5H3,(H,20,21)(H,22,25);1H. The van der Waals surface area contributed by atoms with E-state index in [1.54, 1.807) is 0 Å². The first-order valence-corrected chi connectivity index (χ1v) is 9.94. The van der Waals surface area contributed by atoms with Gasteiger partial charge in [-0.3, -0.25) is 4.99 Å². The van der Waals surface area contributed by atoms with Gasteiger partial charge >= 0.3 is 6.09 Å². The first kappa shape index (κ1) is 24.3. The maximum Gasteiger partial charge on any atom is 0.407 e. The van der Waals surface area contributed by atoms with Crippen LogP contribution in [0.4, 0.5) is 4.79 Å². The van der Waals surface area contributed by atoms with E-state index in [9.17, 15) is 4.79 Å². The van der Waals surface area contributed by atoms with Gasteiger partial charge in [0.15, 0.2) is 5.96 Å². The average molecular weight is 495 g/mol. The van der Waals surface area contributed by atoms with Crippen LogP contribution in [-0.2, 0) is 4.74 Å². The van der Waals surface area contributed by atoms with E-state index in [1.165, 1.54) is 25.9 Å². The summed E-state index contributed by atoms with van der Waals surface area (Å²) in [6, 6.07) is 0.102. The summed E-state index contributed by atoms with van der Waals surface area (Å²) in [5.74, 6) is 1.51. The molecule has 2 N–H and O–H groups in total. The Bertz CT molecular complexity index is 489. The van der Waals surface area contributed by atoms with Crippen molar-refractivity contribution in [2.75, 3.05) is 46.3 Å². The van der Waals surface area contributed by atoms with Crippen LogP contribution in [-0.4, -0.2) is 79.8 Å². The van der Waals surface area contributed by atoms with E-state index in [0.717, 1.165) is 38.6 Å². The molecule has 2 saturated heterocycles. The Labute approximate surface area is 181 Å². The van der Waals surface area contributed by atoms with Crippen LogP contribution in [0.5, 0.6) is 0 Å². The Balaban J connectivity index is 0.00000364. The van der Waals surface area contributed by atoms with Crippen molar-refractivity contribution in [1.82, 2.24) is 20.4 Å². The predicted octanol–water partition coefficient (Wildman–Crippen LogP) is 2.51. The Morgan fingerprint density at radius 3 is 2.52 bits per heavy atom. The largest absolute Gasteiger partial charge is 0.444 e. The van der Waals surface area contributed by atoms with Crippen LogP contribution in [0.1, 0.15) is 47.0 Å². The normalized spacial score (nSPS) is 22.3. The molecular formula is C19H38IN5O2. The number of rotatable bonds is 5. The number of likely N-dealkylation sites (tertiary alicyclic amines) is 2. The van der Waals surface area contributed by atoms with Gasteiger partial charge in [-0.25, -0.2) is 4.79 Å². The van der Waals surface area contributed by atoms with Crippen molar-refractivity contribution in [1.29, 1.82) is 0 Å². The Morgan fingerprint density at radius 1 is 1.26 bits per heavy atom. The number of hydrogen-bond donors (Lipinski definition) is 2. The molecule has 2 unspecified atom stereocenters. The third kappa shape index (κ3) is 8.85. The number of nitrogens with one attached hydrogen (secondary N) is 2. The van der Waals surface area contributed by atoms with E-state index in [0.29, 0.717) is 5.92 Å². The SMILES string of the molecule is CN=C(NCC(C)CN1CCCC1)N1CCC(NC(=O)OC(C)(C)C)C1.I. The van der Waals surface area contributed by atoms with E-state index < -0.39 is 5.60 Å². The van der Waals surface area contributed by atoms with E-state index in [2.05, 4.69) is 32.3 Å². The van der Waals surface area contributed by atoms with Gasteiger partial charge in [-0.2, -0.15) is 0 Å². The molecule has 2 aliphatic rings. The molecule has 2 atom stereocenters. The van der Waals surface area contributed by atoms with Crippen LogP contribution in [0.25, 0.3) is 0 Å². The second-order valence-corrected chi connectivity index (χ2v) is 8.62. The molecule has 27 heavy (non-hydrogen) atoms. The van der Waals surface area contributed by atoms with Crippen molar-refractivity contribution in [3.05, 3.63) is 0 Å². The fraction of sp³-hybridized carbons (Fsp3) is 0.895. The van der Waals surface area contributed by atoms with Crippen LogP contribution in [0.3, 0.4) is 0 Å². The fourth-order valence-corrected chi connectivity index (χ4v) is 3.61. The Kier molecular flexibility index (Phi) is 10.1. The summed E-state index contributed by atoms with van der Waals surface area (Å²) < 4.78 is 5.34. The number of alkyl carbamates (subject to hydrolysis) is 1. The molecule has 0 aromatic heterocycles. The number of guanidine groups is 1. The summed E-state index contributed by atoms with van der Waals surface area (Å²) in [5, 5.41) is 6.47. The lowest BCUT2D eigenvalue weighted by molar-refractivity contribution is 0.0507. The molecule has 0 aromatic rings. The smallest absolute Gasteiger partial charge is 0.407 e. The van der Waals surface area contributed by atoms with Gasteiger partial charge in [-0.15, -0.1) is 24.0 Å². The minimum absolute atomic E-state index is 0. The highest BCUT2D eigenvalue weighted by molar-refractivity contribution is 14.0. The minimum atomic E-state index is -0.467. The molecule has 2 rings (SSSR count). The van der Waals surface area contributed by atoms with Gasteiger partial charge in [-0.05, 0) is 59.0 Å². The first-order chi connectivity index (χ1) is 12.3. The van der Waals surface area contributed by atoms with Crippen LogP contribution >= 0.6 is 24.0 Å². The third-order valence-electron chi connectivity index (χ3n) is 4.80. The molecule has 0 bridgehead atoms. The summed E-state index contributed by atoms with van der Waals surface area (Å²) in [5.41, 5.74) is -0.467. The highest BCUT2D eigenvalue weighted by Gasteiger charge is 2.28. The van der Waals surface area contributed by atoms with Gasteiger partial charge < -0.3 is 25.2 Å². The molecule has 0 aromatic carbocycles. The maximum absolute atomic E-state index is 11.9. The molecular weight excluding hydrogens is 457 g/mol. The quantitative estimate of drug-likeness (QED) is 0.349. The van der Waals surface area contributed by atoms with Gasteiger partial charge in [0.1, 0.15) is 5.60 Å². The number of carbonyl (C=O) groups excluding carboxylic acids is 1. The number of hydrogen-bond acceptors (Lipinski definition) is 4. The molecule has 7 nitrogen and oxygen atoms in total. The van der Waals surface area contributed by atoms with Crippen molar-refractivity contribution >= 4 is 36.0 Å². The van der Waals surface area contributed by atoms with E-state index >= 15 is 0 Å². The Hall–Kier alpha value is -0.770. The zero-order valence-electron chi connectivity index (χ0n) is 17.6. The van der Waals surface area contributed by atoms with Crippen molar-refractivity contribution < 1.29 is 9.53 Å². The van der Waals surface area contributed by atoms with Crippen molar-refractivity contribution in [3.8, 4) is 0 Å². The molecule has 158 valence electrons. The third-order valence-corrected chi connectivity index (χ3v) is 4.80. The van der Waals surface area contributed by atoms with E-state index in [-0.39, 0.29) is 36.1 Å². The lowest BCUT2D eigenvalue weighted by Gasteiger charge is -2.25. The van der Waals surface area contributed by atoms with Gasteiger partial charge in [0.05, 0.1) is 6.04 Å². The van der Waals surface area contributed by atoms with Crippen LogP contribution < -0.4 is 10.6 Å². The summed E-state index contributed by atoms with van der Waals surface area (Å²) in [7, 11) is 1.82. The number of nitrogens with zero attached hydrogens (tertiary/aromatic N) is 3. The van der Waals surface area contributed by atoms with Crippen molar-refractivity contribution in [2.24, 2.45) is 10.9 Å². The van der Waals surface area contributed by atoms with Gasteiger partial charge in [0, 0.05) is 33.2 Å². The monoisotopic (exact) mass is 495 g/mol. The van der Waals surface area contributed by atoms with Crippen LogP contribution in [0.2, 0.25) is 0 Å². The molecule has 1 amide bonds. The predicted molar refractivity (Wildman–Crippen MR) is 121 cm³/mol. The summed E-state index contributed by atoms with van der Waals surface area (Å²) >= 11 is 0. The summed E-state index contributed by atoms with van der Waals surface area (Å²) in [6.45, 7) is 14.1. The van der Waals surface area contributed by atoms with Gasteiger partial charge in [0.2, 0.25) is 0 Å². The molecule has 2 aliphatic heterocycles. The molecule has 0 saturated carbocycles. The summed E-state index contributed by atoms with van der Waals surface area (Å²) in [6.07, 6.45) is 3.23. The van der Waals surface area contributed by atoms with Crippen molar-refractivity contribution in [3.63, 3.8) is 0 Å². The van der Waals surface area contributed by atoms with E-state index in [1.807, 2.05) is 27.8 Å². The second-order valence-electron chi connectivity index (χ2n) is 8.62. The van der Waals surface area contributed by atoms with Crippen LogP contribution in [0, 0.1) is 5.92 Å². The molecule has 0 radical (unpaired) electrons. The molecule has 0 spiro atoms. The molecule has 8 heteroatoms. The van der Waals surface area contributed by atoms with Crippen LogP contribution in [0.15, 0.2) is 4.99 Å². The maximum atomic E-state index is 11.9. The highest BCUT2D eigenvalue weighted by Crippen LogP contribution is 2.13.